The first-order valence-corrected chi connectivity index (χ1v) is 15.4. The van der Waals surface area contributed by atoms with Gasteiger partial charge < -0.3 is 14.2 Å². The van der Waals surface area contributed by atoms with E-state index in [4.69, 9.17) is 14.2 Å². The number of carbonyl (C=O) groups is 2. The zero-order valence-corrected chi connectivity index (χ0v) is 27.3. The van der Waals surface area contributed by atoms with E-state index in [-0.39, 0.29) is 12.0 Å². The van der Waals surface area contributed by atoms with Crippen molar-refractivity contribution in [3.63, 3.8) is 0 Å². The second-order valence-corrected chi connectivity index (χ2v) is 13.2. The Hall–Kier alpha value is -4.27. The highest BCUT2D eigenvalue weighted by molar-refractivity contribution is 5.91. The van der Waals surface area contributed by atoms with Crippen molar-refractivity contribution in [2.24, 2.45) is 5.41 Å². The van der Waals surface area contributed by atoms with Crippen molar-refractivity contribution in [3.8, 4) is 16.9 Å². The van der Waals surface area contributed by atoms with Gasteiger partial charge in [-0.15, -0.1) is 0 Å². The zero-order chi connectivity index (χ0) is 33.6. The molecule has 2 atom stereocenters. The quantitative estimate of drug-likeness (QED) is 0.242. The lowest BCUT2D eigenvalue weighted by molar-refractivity contribution is -0.137. The molecule has 1 heterocycles. The van der Waals surface area contributed by atoms with Gasteiger partial charge in [0, 0.05) is 12.1 Å². The number of hydrogen-bond acceptors (Lipinski definition) is 5. The molecule has 0 aromatic heterocycles. The Morgan fingerprint density at radius 1 is 1.02 bits per heavy atom. The van der Waals surface area contributed by atoms with Gasteiger partial charge in [0.2, 0.25) is 0 Å². The molecule has 6 nitrogen and oxygen atoms in total. The topological polar surface area (TPSA) is 65.1 Å². The fourth-order valence-electron chi connectivity index (χ4n) is 6.74. The molecule has 46 heavy (non-hydrogen) atoms. The lowest BCUT2D eigenvalue weighted by atomic mass is 9.72. The minimum Gasteiger partial charge on any atom is -0.496 e. The second-order valence-electron chi connectivity index (χ2n) is 13.2. The summed E-state index contributed by atoms with van der Waals surface area (Å²) in [5, 5.41) is 0. The van der Waals surface area contributed by atoms with Crippen molar-refractivity contribution in [2.75, 3.05) is 20.8 Å². The number of nitrogens with zero attached hydrogens (tertiary/aromatic N) is 1. The van der Waals surface area contributed by atoms with Crippen LogP contribution in [0, 0.1) is 19.3 Å². The minimum atomic E-state index is -4.50. The van der Waals surface area contributed by atoms with Gasteiger partial charge in [0.25, 0.3) is 0 Å². The highest BCUT2D eigenvalue weighted by Gasteiger charge is 2.42. The van der Waals surface area contributed by atoms with Crippen molar-refractivity contribution in [1.82, 2.24) is 4.90 Å². The molecule has 3 aromatic rings. The molecule has 0 saturated carbocycles. The standard InChI is InChI=1S/C37H40F3NO5/c1-21-14-26(17-28(15-21)37(38,39)40)33-23(3)41(35(43)46-33)20-27-19-36(4,5)13-12-30(27)31-18-24(9-11-32(31)44-6)29-10-8-25(16-22(29)2)34(42)45-7/h8-11,14-18,23,33H,12-13,19-20H2,1-7H3/t23-,33-/m0/s1. The fourth-order valence-corrected chi connectivity index (χ4v) is 6.74. The van der Waals surface area contributed by atoms with Crippen LogP contribution in [0.15, 0.2) is 60.2 Å². The van der Waals surface area contributed by atoms with E-state index in [1.165, 1.54) is 7.11 Å². The van der Waals surface area contributed by atoms with Gasteiger partial charge in [-0.1, -0.05) is 37.6 Å². The molecule has 244 valence electrons. The smallest absolute Gasteiger partial charge is 0.416 e. The first-order chi connectivity index (χ1) is 21.6. The van der Waals surface area contributed by atoms with Crippen LogP contribution < -0.4 is 4.74 Å². The molecule has 1 aliphatic carbocycles. The Balaban J connectivity index is 1.53. The number of esters is 1. The van der Waals surface area contributed by atoms with Crippen LogP contribution in [0.1, 0.15) is 84.3 Å². The first kappa shape index (κ1) is 33.1. The van der Waals surface area contributed by atoms with Gasteiger partial charge >= 0.3 is 18.2 Å². The lowest BCUT2D eigenvalue weighted by Gasteiger charge is -2.36. The fraction of sp³-hybridized carbons (Fsp3) is 0.405. The molecular formula is C37H40F3NO5. The SMILES string of the molecule is COC(=O)c1ccc(-c2ccc(OC)c(C3=C(CN4C(=O)O[C@H](c5cc(C)cc(C(F)(F)F)c5)[C@@H]4C)CC(C)(C)CC3)c2)c(C)c1. The van der Waals surface area contributed by atoms with Crippen LogP contribution in [-0.4, -0.2) is 43.8 Å². The number of hydrogen-bond donors (Lipinski definition) is 0. The number of alkyl halides is 3. The molecule has 1 aliphatic heterocycles. The number of cyclic esters (lactones) is 1. The molecule has 1 saturated heterocycles. The molecule has 0 bridgehead atoms. The molecule has 9 heteroatoms. The normalized spacial score (nSPS) is 19.7. The molecule has 2 aliphatic rings. The van der Waals surface area contributed by atoms with Gasteiger partial charge in [0.15, 0.2) is 0 Å². The maximum atomic E-state index is 13.6. The summed E-state index contributed by atoms with van der Waals surface area (Å²) in [6.07, 6.45) is -3.47. The molecule has 3 aromatic carbocycles. The van der Waals surface area contributed by atoms with Gasteiger partial charge in [-0.3, -0.25) is 4.90 Å². The predicted molar refractivity (Wildman–Crippen MR) is 171 cm³/mol. The number of benzene rings is 3. The molecule has 1 amide bonds. The van der Waals surface area contributed by atoms with Crippen LogP contribution in [-0.2, 0) is 15.7 Å². The Morgan fingerprint density at radius 2 is 1.76 bits per heavy atom. The number of rotatable bonds is 7. The summed E-state index contributed by atoms with van der Waals surface area (Å²) in [4.78, 5) is 27.0. The average molecular weight is 636 g/mol. The highest BCUT2D eigenvalue weighted by atomic mass is 19.4. The summed E-state index contributed by atoms with van der Waals surface area (Å²) < 4.78 is 57.3. The van der Waals surface area contributed by atoms with E-state index in [0.717, 1.165) is 64.8 Å². The van der Waals surface area contributed by atoms with Crippen molar-refractivity contribution in [2.45, 2.75) is 72.2 Å². The summed E-state index contributed by atoms with van der Waals surface area (Å²) in [5.74, 6) is 0.305. The van der Waals surface area contributed by atoms with Gasteiger partial charge in [-0.2, -0.15) is 13.2 Å². The summed E-state index contributed by atoms with van der Waals surface area (Å²) in [6, 6.07) is 14.8. The third-order valence-corrected chi connectivity index (χ3v) is 9.16. The molecule has 0 spiro atoms. The second kappa shape index (κ2) is 12.5. The van der Waals surface area contributed by atoms with Gasteiger partial charge in [-0.25, -0.2) is 9.59 Å². The molecule has 5 rings (SSSR count). The average Bonchev–Trinajstić information content (AvgIpc) is 3.27. The van der Waals surface area contributed by atoms with Crippen LogP contribution in [0.4, 0.5) is 18.0 Å². The molecule has 0 N–H and O–H groups in total. The zero-order valence-electron chi connectivity index (χ0n) is 27.3. The number of ether oxygens (including phenoxy) is 3. The first-order valence-electron chi connectivity index (χ1n) is 15.4. The Labute approximate surface area is 268 Å². The number of carbonyl (C=O) groups excluding carboxylic acids is 2. The minimum absolute atomic E-state index is 0.0194. The third-order valence-electron chi connectivity index (χ3n) is 9.16. The monoisotopic (exact) mass is 635 g/mol. The molecule has 0 unspecified atom stereocenters. The predicted octanol–water partition coefficient (Wildman–Crippen LogP) is 9.33. The Morgan fingerprint density at radius 3 is 2.41 bits per heavy atom. The van der Waals surface area contributed by atoms with Gasteiger partial charge in [0.05, 0.1) is 31.4 Å². The Bertz CT molecular complexity index is 1710. The van der Waals surface area contributed by atoms with Gasteiger partial charge in [-0.05, 0) is 115 Å². The molecular weight excluding hydrogens is 595 g/mol. The lowest BCUT2D eigenvalue weighted by Crippen LogP contribution is -2.35. The van der Waals surface area contributed by atoms with Crippen molar-refractivity contribution in [1.29, 1.82) is 0 Å². The summed E-state index contributed by atoms with van der Waals surface area (Å²) in [7, 11) is 2.98. The number of amides is 1. The highest BCUT2D eigenvalue weighted by Crippen LogP contribution is 2.47. The van der Waals surface area contributed by atoms with E-state index in [1.807, 2.05) is 38.1 Å². The van der Waals surface area contributed by atoms with Crippen molar-refractivity contribution < 1.29 is 37.0 Å². The summed E-state index contributed by atoms with van der Waals surface area (Å²) >= 11 is 0. The van der Waals surface area contributed by atoms with Crippen molar-refractivity contribution in [3.05, 3.63) is 93.6 Å². The van der Waals surface area contributed by atoms with E-state index in [0.29, 0.717) is 22.4 Å². The van der Waals surface area contributed by atoms with E-state index in [9.17, 15) is 22.8 Å². The maximum Gasteiger partial charge on any atom is 0.416 e. The van der Waals surface area contributed by atoms with E-state index < -0.39 is 35.9 Å². The van der Waals surface area contributed by atoms with E-state index >= 15 is 0 Å². The summed E-state index contributed by atoms with van der Waals surface area (Å²) in [5.41, 5.74) is 6.39. The van der Waals surface area contributed by atoms with Gasteiger partial charge in [0.1, 0.15) is 11.9 Å². The number of methoxy groups -OCH3 is 2. The van der Waals surface area contributed by atoms with E-state index in [2.05, 4.69) is 19.9 Å². The van der Waals surface area contributed by atoms with Crippen LogP contribution in [0.2, 0.25) is 0 Å². The molecule has 0 radical (unpaired) electrons. The van der Waals surface area contributed by atoms with Crippen molar-refractivity contribution >= 4 is 17.6 Å². The van der Waals surface area contributed by atoms with E-state index in [1.54, 1.807) is 31.1 Å². The van der Waals surface area contributed by atoms with Crippen LogP contribution in [0.25, 0.3) is 16.7 Å². The molecule has 1 fully saturated rings. The number of allylic oxidation sites excluding steroid dienone is 1. The Kier molecular flexibility index (Phi) is 8.99. The largest absolute Gasteiger partial charge is 0.496 e. The van der Waals surface area contributed by atoms with Crippen LogP contribution in [0.3, 0.4) is 0 Å². The van der Waals surface area contributed by atoms with Crippen LogP contribution >= 0.6 is 0 Å². The number of halogens is 3. The number of aryl methyl sites for hydroxylation is 2. The third kappa shape index (κ3) is 6.64. The maximum absolute atomic E-state index is 13.6. The summed E-state index contributed by atoms with van der Waals surface area (Å²) in [6.45, 7) is 10.1. The van der Waals surface area contributed by atoms with Crippen LogP contribution in [0.5, 0.6) is 5.75 Å².